The highest BCUT2D eigenvalue weighted by Crippen LogP contribution is 2.54. The predicted octanol–water partition coefficient (Wildman–Crippen LogP) is 10.4. The summed E-state index contributed by atoms with van der Waals surface area (Å²) in [6.07, 6.45) is 18.2. The number of carboxylic acids is 2. The summed E-state index contributed by atoms with van der Waals surface area (Å²) in [5, 5.41) is 18.9. The molecule has 65 heavy (non-hydrogen) atoms. The molecular formula is C50H64F4N2O9. The molecule has 2 N–H and O–H groups in total. The summed E-state index contributed by atoms with van der Waals surface area (Å²) in [4.78, 5) is 45.9. The van der Waals surface area contributed by atoms with Crippen LogP contribution in [-0.2, 0) is 35.1 Å². The second-order valence-electron chi connectivity index (χ2n) is 18.9. The number of benzene rings is 1. The molecule has 7 aliphatic rings. The molecule has 4 aliphatic heterocycles. The Kier molecular flexibility index (Phi) is 16.5. The third kappa shape index (κ3) is 11.3. The van der Waals surface area contributed by atoms with Crippen molar-refractivity contribution in [1.82, 2.24) is 9.80 Å². The number of carbonyl (C=O) groups is 4. The van der Waals surface area contributed by atoms with Gasteiger partial charge in [-0.1, -0.05) is 46.3 Å². The van der Waals surface area contributed by atoms with Crippen LogP contribution < -0.4 is 4.74 Å². The molecule has 2 saturated heterocycles. The van der Waals surface area contributed by atoms with Crippen LogP contribution in [0.5, 0.6) is 5.75 Å². The van der Waals surface area contributed by atoms with Gasteiger partial charge in [-0.25, -0.2) is 22.8 Å². The molecule has 0 bridgehead atoms. The molecule has 2 spiro atoms. The Morgan fingerprint density at radius 2 is 1.69 bits per heavy atom. The lowest BCUT2D eigenvalue weighted by Crippen LogP contribution is -2.55. The van der Waals surface area contributed by atoms with Crippen molar-refractivity contribution in [3.8, 4) is 5.75 Å². The van der Waals surface area contributed by atoms with E-state index in [-0.39, 0.29) is 52.9 Å². The minimum Gasteiger partial charge on any atom is -0.493 e. The van der Waals surface area contributed by atoms with E-state index in [2.05, 4.69) is 20.8 Å². The van der Waals surface area contributed by atoms with Gasteiger partial charge in [0.05, 0.1) is 49.9 Å². The molecule has 4 heterocycles. The Morgan fingerprint density at radius 1 is 1.03 bits per heavy atom. The molecule has 1 aromatic rings. The average Bonchev–Trinajstić information content (AvgIpc) is 3.23. The Balaban J connectivity index is 0.000000223. The zero-order valence-electron chi connectivity index (χ0n) is 38.2. The van der Waals surface area contributed by atoms with Crippen molar-refractivity contribution in [2.24, 2.45) is 10.8 Å². The van der Waals surface area contributed by atoms with Crippen LogP contribution in [0.25, 0.3) is 5.70 Å². The lowest BCUT2D eigenvalue weighted by Gasteiger charge is -2.55. The number of carbonyl (C=O) groups excluding carboxylic acids is 2. The third-order valence-corrected chi connectivity index (χ3v) is 13.7. The van der Waals surface area contributed by atoms with Crippen LogP contribution >= 0.6 is 0 Å². The molecule has 11 nitrogen and oxygen atoms in total. The number of rotatable bonds is 13. The number of likely N-dealkylation sites (tertiary alicyclic amines) is 1. The van der Waals surface area contributed by atoms with E-state index in [1.54, 1.807) is 24.5 Å². The van der Waals surface area contributed by atoms with Gasteiger partial charge in [-0.2, -0.15) is 0 Å². The van der Waals surface area contributed by atoms with Gasteiger partial charge < -0.3 is 39.0 Å². The first-order valence-electron chi connectivity index (χ1n) is 22.4. The fraction of sp³-hybridized carbons (Fsp3) is 0.560. The molecule has 1 atom stereocenters. The summed E-state index contributed by atoms with van der Waals surface area (Å²) in [5.41, 5.74) is 4.33. The summed E-state index contributed by atoms with van der Waals surface area (Å²) in [7, 11) is 0. The maximum absolute atomic E-state index is 15.5. The van der Waals surface area contributed by atoms with Crippen molar-refractivity contribution >= 4 is 30.7 Å². The van der Waals surface area contributed by atoms with E-state index in [4.69, 9.17) is 19.0 Å². The van der Waals surface area contributed by atoms with Crippen molar-refractivity contribution in [1.29, 1.82) is 0 Å². The second kappa shape index (κ2) is 21.1. The highest BCUT2D eigenvalue weighted by atomic mass is 19.3. The van der Waals surface area contributed by atoms with Gasteiger partial charge >= 0.3 is 11.9 Å². The molecule has 4 fully saturated rings. The van der Waals surface area contributed by atoms with Crippen molar-refractivity contribution in [3.05, 3.63) is 94.0 Å². The van der Waals surface area contributed by atoms with E-state index in [1.807, 2.05) is 35.7 Å². The summed E-state index contributed by atoms with van der Waals surface area (Å²) < 4.78 is 70.5. The van der Waals surface area contributed by atoms with Crippen LogP contribution in [0, 0.1) is 10.8 Å². The fourth-order valence-corrected chi connectivity index (χ4v) is 9.30. The zero-order chi connectivity index (χ0) is 47.8. The van der Waals surface area contributed by atoms with Crippen molar-refractivity contribution in [2.75, 3.05) is 33.1 Å². The number of nitrogens with zero attached hydrogens (tertiary/aromatic N) is 2. The number of aliphatic carboxylic acids is 2. The third-order valence-electron chi connectivity index (χ3n) is 13.7. The maximum atomic E-state index is 15.5. The zero-order valence-corrected chi connectivity index (χ0v) is 38.2. The molecule has 8 rings (SSSR count). The molecule has 1 aromatic carbocycles. The minimum absolute atomic E-state index is 0.0119. The standard InChI is InChI=1S/C25H31F2NO3.C22H26FNO5.C2H5F.CH2O/c1-4-24(2,3)10-11-31-21-12-17-14-25(8-5-9-25)28-15-16(23(29)30)6-7-20(28)18(17)13-19(21)22(26)27;1-20(13-28-14-20)15-29-22(23)7-4-17-16(12-22)11-21(5-2-6-21)24(8-3-9-25)18(17)10-19(26)27;1-2-3;1-2/h7,12-13,15,22H,4-6,8-11,14H2,1-3H3,(H,29,30);3-4,8-10,12H,2,5-7,11,13-15H2,1H3,(H,26,27);2H2,1H3;1H2/b;8-3+,18-10-;;. The number of halogens is 4. The van der Waals surface area contributed by atoms with Gasteiger partial charge in [-0.15, -0.1) is 0 Å². The number of carboxylic acid groups (broad SMARTS) is 2. The van der Waals surface area contributed by atoms with Crippen LogP contribution in [0.1, 0.15) is 128 Å². The smallest absolute Gasteiger partial charge is 0.333 e. The summed E-state index contributed by atoms with van der Waals surface area (Å²) in [6, 6.07) is 3.37. The largest absolute Gasteiger partial charge is 0.493 e. The fourth-order valence-electron chi connectivity index (χ4n) is 9.30. The van der Waals surface area contributed by atoms with E-state index in [9.17, 15) is 37.8 Å². The first-order valence-corrected chi connectivity index (χ1v) is 22.4. The lowest BCUT2D eigenvalue weighted by molar-refractivity contribution is -0.191. The first-order chi connectivity index (χ1) is 30.9. The first kappa shape index (κ1) is 51.0. The van der Waals surface area contributed by atoms with Gasteiger partial charge in [-0.05, 0) is 111 Å². The molecular weight excluding hydrogens is 849 g/mol. The number of fused-ring (bicyclic) bond motifs is 5. The number of alkyl halides is 4. The van der Waals surface area contributed by atoms with Crippen LogP contribution in [0.3, 0.4) is 0 Å². The van der Waals surface area contributed by atoms with Gasteiger partial charge in [0.15, 0.2) is 0 Å². The van der Waals surface area contributed by atoms with E-state index in [0.717, 1.165) is 79.8 Å². The van der Waals surface area contributed by atoms with Crippen LogP contribution in [0.4, 0.5) is 17.6 Å². The quantitative estimate of drug-likeness (QED) is 0.111. The normalized spacial score (nSPS) is 23.4. The topological polar surface area (TPSA) is 143 Å². The summed E-state index contributed by atoms with van der Waals surface area (Å²) in [5.74, 6) is -3.63. The summed E-state index contributed by atoms with van der Waals surface area (Å²) in [6.45, 7) is 13.4. The molecule has 15 heteroatoms. The summed E-state index contributed by atoms with van der Waals surface area (Å²) >= 11 is 0. The van der Waals surface area contributed by atoms with Gasteiger partial charge in [-0.3, -0.25) is 9.18 Å². The maximum Gasteiger partial charge on any atom is 0.333 e. The Hall–Kier alpha value is -5.02. The monoisotopic (exact) mass is 912 g/mol. The van der Waals surface area contributed by atoms with Gasteiger partial charge in [0.25, 0.3) is 6.43 Å². The number of aldehydes is 1. The Morgan fingerprint density at radius 3 is 2.22 bits per heavy atom. The molecule has 1 unspecified atom stereocenters. The molecule has 356 valence electrons. The van der Waals surface area contributed by atoms with Gasteiger partial charge in [0.2, 0.25) is 5.85 Å². The molecule has 0 amide bonds. The van der Waals surface area contributed by atoms with Crippen LogP contribution in [0.15, 0.2) is 77.3 Å². The van der Waals surface area contributed by atoms with Crippen molar-refractivity contribution in [3.63, 3.8) is 0 Å². The van der Waals surface area contributed by atoms with E-state index < -0.39 is 24.2 Å². The molecule has 0 radical (unpaired) electrons. The highest BCUT2D eigenvalue weighted by molar-refractivity contribution is 5.89. The molecule has 2 saturated carbocycles. The average molecular weight is 913 g/mol. The highest BCUT2D eigenvalue weighted by Gasteiger charge is 2.51. The Labute approximate surface area is 379 Å². The van der Waals surface area contributed by atoms with E-state index in [1.165, 1.54) is 19.1 Å². The van der Waals surface area contributed by atoms with Gasteiger partial charge in [0.1, 0.15) is 18.8 Å². The second-order valence-corrected chi connectivity index (χ2v) is 18.9. The number of allylic oxidation sites excluding steroid dienone is 3. The van der Waals surface area contributed by atoms with Crippen LogP contribution in [0.2, 0.25) is 0 Å². The van der Waals surface area contributed by atoms with E-state index >= 15 is 4.39 Å². The molecule has 0 aromatic heterocycles. The number of hydrogen-bond donors (Lipinski definition) is 2. The predicted molar refractivity (Wildman–Crippen MR) is 238 cm³/mol. The minimum atomic E-state index is -2.64. The molecule has 3 aliphatic carbocycles. The van der Waals surface area contributed by atoms with Crippen LogP contribution in [-0.4, -0.2) is 95.1 Å². The Bertz CT molecular complexity index is 2110. The lowest BCUT2D eigenvalue weighted by atomic mass is 9.66. The van der Waals surface area contributed by atoms with E-state index in [0.29, 0.717) is 62.2 Å². The van der Waals surface area contributed by atoms with Gasteiger partial charge in [0, 0.05) is 59.1 Å². The number of ether oxygens (including phenoxy) is 3. The number of hydrogen-bond acceptors (Lipinski definition) is 9. The van der Waals surface area contributed by atoms with Crippen molar-refractivity contribution < 1.29 is 61.2 Å². The van der Waals surface area contributed by atoms with Crippen molar-refractivity contribution in [2.45, 2.75) is 135 Å². The SMILES string of the molecule is C=O.CC1(COC2(F)C=C3CC4(CCC4)N(/C=C/C=O)/C(=C\C(=O)O)C3=CC2)COC1.CCC(C)(C)CCOc1cc2c(cc1C(F)F)C1=CCC(C(=O)O)=CN1C1(CCC1)C2.CCF. The number of piperidine rings is 1.